The first kappa shape index (κ1) is 23.2. The van der Waals surface area contributed by atoms with Gasteiger partial charge in [0.2, 0.25) is 21.8 Å². The molecular formula is C23H30N4O6S. The molecule has 1 aliphatic heterocycles. The molecule has 184 valence electrons. The zero-order valence-electron chi connectivity index (χ0n) is 19.2. The van der Waals surface area contributed by atoms with Crippen molar-refractivity contribution in [2.75, 3.05) is 26.2 Å². The number of non-ortho nitro benzene ring substituents is 1. The molecule has 1 saturated heterocycles. The van der Waals surface area contributed by atoms with Crippen molar-refractivity contribution in [3.63, 3.8) is 0 Å². The quantitative estimate of drug-likeness (QED) is 0.496. The number of amides is 2. The average Bonchev–Trinajstić information content (AvgIpc) is 2.77. The molecule has 5 fully saturated rings. The molecule has 0 spiro atoms. The van der Waals surface area contributed by atoms with Crippen LogP contribution in [0, 0.1) is 27.4 Å². The van der Waals surface area contributed by atoms with E-state index in [1.54, 1.807) is 4.90 Å². The molecule has 0 aromatic heterocycles. The molecule has 6 rings (SSSR count). The zero-order chi connectivity index (χ0) is 24.3. The average molecular weight is 491 g/mol. The second-order valence-corrected chi connectivity index (χ2v) is 12.6. The van der Waals surface area contributed by atoms with Gasteiger partial charge in [-0.1, -0.05) is 6.07 Å². The molecule has 5 aliphatic rings. The van der Waals surface area contributed by atoms with Gasteiger partial charge in [0.05, 0.1) is 15.2 Å². The predicted molar refractivity (Wildman–Crippen MR) is 122 cm³/mol. The van der Waals surface area contributed by atoms with E-state index in [4.69, 9.17) is 0 Å². The first-order chi connectivity index (χ1) is 16.0. The van der Waals surface area contributed by atoms with Gasteiger partial charge < -0.3 is 10.2 Å². The largest absolute Gasteiger partial charge is 0.351 e. The topological polar surface area (TPSA) is 130 Å². The minimum atomic E-state index is -3.89. The molecule has 4 aliphatic carbocycles. The summed E-state index contributed by atoms with van der Waals surface area (Å²) in [5, 5.41) is 14.2. The Balaban J connectivity index is 1.30. The Morgan fingerprint density at radius 1 is 1.09 bits per heavy atom. The minimum absolute atomic E-state index is 0.0514. The Hall–Kier alpha value is -2.53. The van der Waals surface area contributed by atoms with Crippen molar-refractivity contribution in [2.24, 2.45) is 17.3 Å². The number of nitro benzene ring substituents is 1. The summed E-state index contributed by atoms with van der Waals surface area (Å²) in [7, 11) is -3.89. The molecule has 1 aromatic rings. The molecule has 2 amide bonds. The molecule has 0 unspecified atom stereocenters. The van der Waals surface area contributed by atoms with Crippen LogP contribution < -0.4 is 5.32 Å². The monoisotopic (exact) mass is 490 g/mol. The number of carbonyl (C=O) groups is 2. The van der Waals surface area contributed by atoms with Gasteiger partial charge in [0.25, 0.3) is 5.69 Å². The van der Waals surface area contributed by atoms with Gasteiger partial charge in [-0.05, 0) is 56.4 Å². The van der Waals surface area contributed by atoms with Crippen molar-refractivity contribution in [3.05, 3.63) is 34.4 Å². The van der Waals surface area contributed by atoms with Gasteiger partial charge in [0.15, 0.2) is 0 Å². The van der Waals surface area contributed by atoms with Crippen molar-refractivity contribution < 1.29 is 22.9 Å². The zero-order valence-corrected chi connectivity index (χ0v) is 20.1. The van der Waals surface area contributed by atoms with Gasteiger partial charge in [0.1, 0.15) is 0 Å². The van der Waals surface area contributed by atoms with E-state index in [2.05, 4.69) is 5.32 Å². The van der Waals surface area contributed by atoms with Crippen molar-refractivity contribution in [1.29, 1.82) is 0 Å². The van der Waals surface area contributed by atoms with Crippen molar-refractivity contribution in [1.82, 2.24) is 14.5 Å². The van der Waals surface area contributed by atoms with Gasteiger partial charge in [-0.25, -0.2) is 8.42 Å². The van der Waals surface area contributed by atoms with Crippen LogP contribution in [-0.4, -0.2) is 66.1 Å². The van der Waals surface area contributed by atoms with Gasteiger partial charge >= 0.3 is 0 Å². The third kappa shape index (κ3) is 3.88. The fraction of sp³-hybridized carbons (Fsp3) is 0.652. The maximum absolute atomic E-state index is 13.8. The molecule has 4 bridgehead atoms. The lowest BCUT2D eigenvalue weighted by atomic mass is 9.46. The van der Waals surface area contributed by atoms with E-state index in [0.717, 1.165) is 38.2 Å². The van der Waals surface area contributed by atoms with Crippen LogP contribution in [0.25, 0.3) is 0 Å². The van der Waals surface area contributed by atoms with E-state index in [9.17, 15) is 28.1 Å². The Morgan fingerprint density at radius 3 is 2.32 bits per heavy atom. The number of hydrogen-bond donors (Lipinski definition) is 1. The smallest absolute Gasteiger partial charge is 0.270 e. The van der Waals surface area contributed by atoms with Crippen LogP contribution in [0.3, 0.4) is 0 Å². The van der Waals surface area contributed by atoms with E-state index in [1.807, 2.05) is 0 Å². The molecule has 1 N–H and O–H groups in total. The van der Waals surface area contributed by atoms with Crippen molar-refractivity contribution in [2.45, 2.75) is 55.9 Å². The van der Waals surface area contributed by atoms with E-state index >= 15 is 0 Å². The van der Waals surface area contributed by atoms with E-state index in [-0.39, 0.29) is 54.1 Å². The molecule has 1 heterocycles. The lowest BCUT2D eigenvalue weighted by Gasteiger charge is -2.62. The molecule has 10 nitrogen and oxygen atoms in total. The normalized spacial score (nSPS) is 33.0. The number of piperazine rings is 1. The number of benzene rings is 1. The summed E-state index contributed by atoms with van der Waals surface area (Å²) in [6, 6.07) is 5.05. The van der Waals surface area contributed by atoms with Crippen LogP contribution in [0.4, 0.5) is 5.69 Å². The number of carbonyl (C=O) groups excluding carboxylic acids is 2. The highest BCUT2D eigenvalue weighted by atomic mass is 32.2. The van der Waals surface area contributed by atoms with Gasteiger partial charge in [-0.2, -0.15) is 4.31 Å². The van der Waals surface area contributed by atoms with Gasteiger partial charge in [-0.15, -0.1) is 0 Å². The molecule has 11 heteroatoms. The summed E-state index contributed by atoms with van der Waals surface area (Å²) >= 11 is 0. The number of nitrogens with one attached hydrogen (secondary N) is 1. The van der Waals surface area contributed by atoms with Crippen molar-refractivity contribution >= 4 is 27.5 Å². The summed E-state index contributed by atoms with van der Waals surface area (Å²) in [5.74, 6) is 0.911. The van der Waals surface area contributed by atoms with Crippen LogP contribution >= 0.6 is 0 Å². The van der Waals surface area contributed by atoms with Crippen LogP contribution in [0.1, 0.15) is 45.4 Å². The number of nitrogens with zero attached hydrogens (tertiary/aromatic N) is 3. The van der Waals surface area contributed by atoms with Crippen LogP contribution in [-0.2, 0) is 19.6 Å². The Morgan fingerprint density at radius 2 is 1.74 bits per heavy atom. The first-order valence-electron chi connectivity index (χ1n) is 11.8. The maximum atomic E-state index is 13.8. The molecule has 0 radical (unpaired) electrons. The Labute approximate surface area is 198 Å². The number of nitro groups is 1. The van der Waals surface area contributed by atoms with E-state index in [1.165, 1.54) is 29.4 Å². The van der Waals surface area contributed by atoms with Crippen LogP contribution in [0.5, 0.6) is 0 Å². The minimum Gasteiger partial charge on any atom is -0.351 e. The summed E-state index contributed by atoms with van der Waals surface area (Å²) in [5.41, 5.74) is -1.04. The molecule has 1 aromatic carbocycles. The third-order valence-electron chi connectivity index (χ3n) is 8.15. The molecular weight excluding hydrogens is 460 g/mol. The molecule has 4 saturated carbocycles. The summed E-state index contributed by atoms with van der Waals surface area (Å²) in [6.07, 6.45) is 5.34. The third-order valence-corrected chi connectivity index (χ3v) is 10.0. The van der Waals surface area contributed by atoms with Gasteiger partial charge in [-0.3, -0.25) is 19.7 Å². The Bertz CT molecular complexity index is 1130. The van der Waals surface area contributed by atoms with Gasteiger partial charge in [0, 0.05) is 50.8 Å². The summed E-state index contributed by atoms with van der Waals surface area (Å²) in [6.45, 7) is 2.41. The van der Waals surface area contributed by atoms with Crippen LogP contribution in [0.15, 0.2) is 29.2 Å². The highest BCUT2D eigenvalue weighted by Crippen LogP contribution is 2.62. The fourth-order valence-corrected chi connectivity index (χ4v) is 8.87. The molecule has 2 atom stereocenters. The molecule has 34 heavy (non-hydrogen) atoms. The fourth-order valence-electron chi connectivity index (χ4n) is 7.41. The SMILES string of the molecule is CC(=O)NC12C[C@@H]3C[C@@H](C1)CC(C(=O)N1CCN(S(=O)(=O)c4cccc([N+](=O)[O-])c4)CC1)(C3)C2. The van der Waals surface area contributed by atoms with Crippen molar-refractivity contribution in [3.8, 4) is 0 Å². The Kier molecular flexibility index (Phi) is 5.47. The number of rotatable bonds is 5. The predicted octanol–water partition coefficient (Wildman–Crippen LogP) is 1.90. The number of hydrogen-bond acceptors (Lipinski definition) is 6. The van der Waals surface area contributed by atoms with E-state index in [0.29, 0.717) is 18.3 Å². The second kappa shape index (κ2) is 8.01. The highest BCUT2D eigenvalue weighted by molar-refractivity contribution is 7.89. The summed E-state index contributed by atoms with van der Waals surface area (Å²) < 4.78 is 27.4. The second-order valence-electron chi connectivity index (χ2n) is 10.7. The lowest BCUT2D eigenvalue weighted by Crippen LogP contribution is -2.66. The lowest BCUT2D eigenvalue weighted by molar-refractivity contribution is -0.385. The van der Waals surface area contributed by atoms with E-state index < -0.39 is 20.4 Å². The summed E-state index contributed by atoms with van der Waals surface area (Å²) in [4.78, 5) is 37.8. The maximum Gasteiger partial charge on any atom is 0.270 e. The highest BCUT2D eigenvalue weighted by Gasteiger charge is 2.61. The number of sulfonamides is 1. The first-order valence-corrected chi connectivity index (χ1v) is 13.3. The van der Waals surface area contributed by atoms with Crippen LogP contribution in [0.2, 0.25) is 0 Å². The standard InChI is InChI=1S/C23H30N4O6S/c1-16(28)24-23-13-17-9-18(14-23)12-22(11-17,15-23)21(29)25-5-7-26(8-6-25)34(32,33)20-4-2-3-19(10-20)27(30)31/h2-4,10,17-18H,5-9,11-15H2,1H3,(H,24,28)/t17-,18-,22?,23?/m1/s1.